The van der Waals surface area contributed by atoms with Crippen molar-refractivity contribution in [1.82, 2.24) is 10.3 Å². The lowest BCUT2D eigenvalue weighted by molar-refractivity contribution is -0.672. The third kappa shape index (κ3) is 2.96. The van der Waals surface area contributed by atoms with Crippen LogP contribution in [0.2, 0.25) is 0 Å². The number of benzene rings is 1. The fourth-order valence-corrected chi connectivity index (χ4v) is 4.88. The standard InChI is InChI=1S/C21H18N4O3S/c22-16-14-11-12-7-3-1-6-10-15(12)23-20(14)29-19(16)18(26)17-21(27)28-24-25(17)13-8-4-2-5-9-13/h2,4-5,8-9,11H,1,3,6-7,10H2,(H2-,22,24,26,27)/p+1. The Morgan fingerprint density at radius 1 is 1.17 bits per heavy atom. The minimum Gasteiger partial charge on any atom is -0.397 e. The van der Waals surface area contributed by atoms with Crippen molar-refractivity contribution >= 4 is 33.0 Å². The van der Waals surface area contributed by atoms with E-state index in [2.05, 4.69) is 11.3 Å². The second kappa shape index (κ2) is 6.97. The third-order valence-corrected chi connectivity index (χ3v) is 6.45. The molecule has 0 bridgehead atoms. The van der Waals surface area contributed by atoms with Crippen LogP contribution >= 0.6 is 11.3 Å². The van der Waals surface area contributed by atoms with Crippen LogP contribution in [0.5, 0.6) is 0 Å². The first kappa shape index (κ1) is 17.8. The molecular weight excluding hydrogens is 388 g/mol. The number of aromatic amines is 1. The van der Waals surface area contributed by atoms with Gasteiger partial charge in [0.25, 0.3) is 5.78 Å². The lowest BCUT2D eigenvalue weighted by atomic mass is 10.1. The summed E-state index contributed by atoms with van der Waals surface area (Å²) in [6, 6.07) is 11.1. The number of carbonyl (C=O) groups is 1. The number of carbonyl (C=O) groups excluding carboxylic acids is 1. The van der Waals surface area contributed by atoms with Crippen molar-refractivity contribution in [2.45, 2.75) is 32.1 Å². The fraction of sp³-hybridized carbons (Fsp3) is 0.238. The minimum absolute atomic E-state index is 0.115. The molecule has 5 rings (SSSR count). The van der Waals surface area contributed by atoms with E-state index >= 15 is 0 Å². The first-order valence-corrected chi connectivity index (χ1v) is 10.4. The van der Waals surface area contributed by atoms with E-state index in [0.717, 1.165) is 41.6 Å². The number of fused-ring (bicyclic) bond motifs is 2. The van der Waals surface area contributed by atoms with Crippen molar-refractivity contribution in [3.63, 3.8) is 0 Å². The predicted molar refractivity (Wildman–Crippen MR) is 110 cm³/mol. The molecule has 1 aliphatic carbocycles. The molecule has 3 heterocycles. The van der Waals surface area contributed by atoms with Crippen LogP contribution in [0.15, 0.2) is 45.7 Å². The summed E-state index contributed by atoms with van der Waals surface area (Å²) in [7, 11) is 0. The third-order valence-electron chi connectivity index (χ3n) is 5.33. The average molecular weight is 407 g/mol. The number of para-hydroxylation sites is 1. The quantitative estimate of drug-likeness (QED) is 0.309. The van der Waals surface area contributed by atoms with E-state index in [1.54, 1.807) is 12.1 Å². The number of nitrogens with two attached hydrogens (primary N) is 1. The van der Waals surface area contributed by atoms with Crippen LogP contribution < -0.4 is 16.0 Å². The van der Waals surface area contributed by atoms with Gasteiger partial charge in [0.15, 0.2) is 0 Å². The summed E-state index contributed by atoms with van der Waals surface area (Å²) in [5.74, 6) is -0.473. The van der Waals surface area contributed by atoms with E-state index in [-0.39, 0.29) is 5.69 Å². The molecule has 0 saturated heterocycles. The van der Waals surface area contributed by atoms with Gasteiger partial charge in [-0.15, -0.1) is 11.3 Å². The zero-order valence-corrected chi connectivity index (χ0v) is 16.4. The maximum absolute atomic E-state index is 13.3. The Bertz CT molecular complexity index is 1290. The molecule has 29 heavy (non-hydrogen) atoms. The van der Waals surface area contributed by atoms with Gasteiger partial charge in [0.05, 0.1) is 5.69 Å². The highest BCUT2D eigenvalue weighted by Crippen LogP contribution is 2.36. The maximum atomic E-state index is 13.3. The molecule has 7 nitrogen and oxygen atoms in total. The molecule has 0 aliphatic heterocycles. The number of hydrogen-bond donors (Lipinski definition) is 2. The number of nitrogens with one attached hydrogen (secondary N) is 1. The van der Waals surface area contributed by atoms with Crippen molar-refractivity contribution in [3.05, 3.63) is 68.6 Å². The molecule has 3 aromatic heterocycles. The second-order valence-corrected chi connectivity index (χ2v) is 8.18. The lowest BCUT2D eigenvalue weighted by Crippen LogP contribution is -2.41. The van der Waals surface area contributed by atoms with Crippen LogP contribution in [0, 0.1) is 0 Å². The molecule has 0 spiro atoms. The Morgan fingerprint density at radius 2 is 1.97 bits per heavy atom. The molecule has 0 radical (unpaired) electrons. The molecular formula is C21H19N4O3S+. The number of rotatable bonds is 3. The van der Waals surface area contributed by atoms with Gasteiger partial charge >= 0.3 is 11.3 Å². The number of nitrogens with zero attached hydrogens (tertiary/aromatic N) is 2. The summed E-state index contributed by atoms with van der Waals surface area (Å²) in [6.07, 6.45) is 5.39. The van der Waals surface area contributed by atoms with Gasteiger partial charge in [0.1, 0.15) is 9.71 Å². The first-order chi connectivity index (χ1) is 14.1. The predicted octanol–water partition coefficient (Wildman–Crippen LogP) is 2.94. The Morgan fingerprint density at radius 3 is 2.79 bits per heavy atom. The van der Waals surface area contributed by atoms with Crippen LogP contribution in [0.25, 0.3) is 15.9 Å². The van der Waals surface area contributed by atoms with Crippen LogP contribution in [-0.2, 0) is 12.8 Å². The number of H-pyrrole nitrogens is 1. The van der Waals surface area contributed by atoms with E-state index in [9.17, 15) is 9.59 Å². The highest BCUT2D eigenvalue weighted by molar-refractivity contribution is 7.21. The van der Waals surface area contributed by atoms with Crippen molar-refractivity contribution in [3.8, 4) is 5.69 Å². The number of hydrogen-bond acceptors (Lipinski definition) is 6. The van der Waals surface area contributed by atoms with Gasteiger partial charge in [-0.1, -0.05) is 24.6 Å². The normalized spacial score (nSPS) is 13.9. The number of anilines is 1. The zero-order valence-electron chi connectivity index (χ0n) is 15.6. The van der Waals surface area contributed by atoms with E-state index < -0.39 is 11.4 Å². The largest absolute Gasteiger partial charge is 0.439 e. The summed E-state index contributed by atoms with van der Waals surface area (Å²) >= 11 is 1.23. The van der Waals surface area contributed by atoms with E-state index in [0.29, 0.717) is 16.3 Å². The molecule has 0 unspecified atom stereocenters. The minimum atomic E-state index is -0.737. The Labute approximate surface area is 169 Å². The molecule has 0 atom stereocenters. The molecule has 8 heteroatoms. The Hall–Kier alpha value is -3.26. The smallest absolute Gasteiger partial charge is 0.397 e. The maximum Gasteiger partial charge on any atom is 0.439 e. The number of pyridine rings is 1. The fourth-order valence-electron chi connectivity index (χ4n) is 3.84. The zero-order chi connectivity index (χ0) is 20.0. The average Bonchev–Trinajstić information content (AvgIpc) is 3.17. The number of aryl methyl sites for hydroxylation is 2. The SMILES string of the molecule is Nc1c(C(=O)c2c(=O)o[nH][n+]2-c2ccccc2)sc2nc3c(cc12)CCCCC3. The Balaban J connectivity index is 1.64. The summed E-state index contributed by atoms with van der Waals surface area (Å²) < 4.78 is 6.26. The summed E-state index contributed by atoms with van der Waals surface area (Å²) in [5, 5.41) is 3.29. The summed E-state index contributed by atoms with van der Waals surface area (Å²) in [6.45, 7) is 0. The highest BCUT2D eigenvalue weighted by atomic mass is 32.1. The Kier molecular flexibility index (Phi) is 4.28. The van der Waals surface area contributed by atoms with Crippen molar-refractivity contribution in [1.29, 1.82) is 0 Å². The highest BCUT2D eigenvalue weighted by Gasteiger charge is 2.34. The van der Waals surface area contributed by atoms with Gasteiger partial charge < -0.3 is 5.73 Å². The van der Waals surface area contributed by atoms with Crippen molar-refractivity contribution in [2.24, 2.45) is 0 Å². The molecule has 1 aliphatic rings. The molecule has 0 saturated carbocycles. The van der Waals surface area contributed by atoms with Gasteiger partial charge in [0, 0.05) is 23.2 Å². The molecule has 0 fully saturated rings. The van der Waals surface area contributed by atoms with Gasteiger partial charge in [-0.3, -0.25) is 9.32 Å². The lowest BCUT2D eigenvalue weighted by Gasteiger charge is -2.04. The molecule has 4 aromatic rings. The van der Waals surface area contributed by atoms with Gasteiger partial charge in [0.2, 0.25) is 5.69 Å². The van der Waals surface area contributed by atoms with E-state index in [4.69, 9.17) is 15.2 Å². The van der Waals surface area contributed by atoms with Crippen molar-refractivity contribution < 1.29 is 14.0 Å². The molecule has 0 amide bonds. The van der Waals surface area contributed by atoms with Crippen LogP contribution in [0.1, 0.15) is 45.9 Å². The van der Waals surface area contributed by atoms with Gasteiger partial charge in [-0.25, -0.2) is 9.78 Å². The molecule has 1 aromatic carbocycles. The first-order valence-electron chi connectivity index (χ1n) is 9.58. The number of nitrogen functional groups attached to an aromatic ring is 1. The van der Waals surface area contributed by atoms with E-state index in [1.165, 1.54) is 28.0 Å². The number of thiophene rings is 1. The van der Waals surface area contributed by atoms with Crippen LogP contribution in [0.4, 0.5) is 5.69 Å². The van der Waals surface area contributed by atoms with Crippen LogP contribution in [0.3, 0.4) is 0 Å². The summed E-state index contributed by atoms with van der Waals surface area (Å²) in [5.41, 5.74) is 8.79. The monoisotopic (exact) mass is 407 g/mol. The molecule has 3 N–H and O–H groups in total. The molecule has 146 valence electrons. The topological polar surface area (TPSA) is 106 Å². The van der Waals surface area contributed by atoms with Crippen molar-refractivity contribution in [2.75, 3.05) is 5.73 Å². The number of ketones is 1. The number of aromatic nitrogens is 3. The van der Waals surface area contributed by atoms with Gasteiger partial charge in [-0.2, -0.15) is 0 Å². The van der Waals surface area contributed by atoms with E-state index in [1.807, 2.05) is 18.2 Å². The van der Waals surface area contributed by atoms with Crippen LogP contribution in [-0.4, -0.2) is 16.0 Å². The van der Waals surface area contributed by atoms with Gasteiger partial charge in [-0.05, 0) is 47.3 Å². The summed E-state index contributed by atoms with van der Waals surface area (Å²) in [4.78, 5) is 31.4. The second-order valence-electron chi connectivity index (χ2n) is 7.18.